The zero-order valence-electron chi connectivity index (χ0n) is 20.3. The van der Waals surface area contributed by atoms with Gasteiger partial charge in [0.2, 0.25) is 10.0 Å². The van der Waals surface area contributed by atoms with Gasteiger partial charge in [0.1, 0.15) is 5.75 Å². The van der Waals surface area contributed by atoms with Gasteiger partial charge in [-0.2, -0.15) is 0 Å². The molecule has 1 aliphatic rings. The number of piperazine rings is 1. The fourth-order valence-electron chi connectivity index (χ4n) is 4.26. The smallest absolute Gasteiger partial charge is 0.253 e. The normalized spacial score (nSPS) is 14.0. The Hall–Kier alpha value is -3.52. The second kappa shape index (κ2) is 10.4. The highest BCUT2D eigenvalue weighted by Gasteiger charge is 2.24. The maximum absolute atomic E-state index is 13.1. The molecule has 0 saturated carbocycles. The van der Waals surface area contributed by atoms with E-state index in [2.05, 4.69) is 4.90 Å². The number of amides is 1. The number of methoxy groups -OCH3 is 1. The third-order valence-corrected chi connectivity index (χ3v) is 7.52. The Kier molecular flexibility index (Phi) is 7.31. The van der Waals surface area contributed by atoms with Crippen molar-refractivity contribution in [2.75, 3.05) is 48.7 Å². The number of nitrogens with zero attached hydrogens (tertiary/aromatic N) is 3. The Morgan fingerprint density at radius 3 is 2.11 bits per heavy atom. The lowest BCUT2D eigenvalue weighted by Crippen LogP contribution is -2.48. The molecule has 0 spiro atoms. The van der Waals surface area contributed by atoms with Crippen molar-refractivity contribution in [1.29, 1.82) is 0 Å². The molecule has 0 radical (unpaired) electrons. The first-order valence-electron chi connectivity index (χ1n) is 11.6. The summed E-state index contributed by atoms with van der Waals surface area (Å²) in [6.45, 7) is 4.94. The zero-order valence-corrected chi connectivity index (χ0v) is 21.2. The standard InChI is InChI=1S/C27H31N3O4S/c1-21-6-4-5-7-23(21)20-30(35(3,32)33)25-10-8-22(9-11-25)27(31)29-18-16-28(17-19-29)24-12-14-26(34-2)15-13-24/h4-15H,16-20H2,1-3H3. The third kappa shape index (κ3) is 5.77. The van der Waals surface area contributed by atoms with E-state index in [0.29, 0.717) is 24.3 Å². The molecule has 0 aliphatic carbocycles. The molecule has 3 aromatic rings. The molecular formula is C27H31N3O4S. The number of sulfonamides is 1. The van der Waals surface area contributed by atoms with Crippen molar-refractivity contribution >= 4 is 27.3 Å². The molecular weight excluding hydrogens is 462 g/mol. The highest BCUT2D eigenvalue weighted by atomic mass is 32.2. The SMILES string of the molecule is COc1ccc(N2CCN(C(=O)c3ccc(N(Cc4ccccc4C)S(C)(=O)=O)cc3)CC2)cc1. The van der Waals surface area contributed by atoms with Gasteiger partial charge in [-0.1, -0.05) is 24.3 Å². The molecule has 1 aliphatic heterocycles. The molecule has 35 heavy (non-hydrogen) atoms. The van der Waals surface area contributed by atoms with Gasteiger partial charge in [0.25, 0.3) is 5.91 Å². The summed E-state index contributed by atoms with van der Waals surface area (Å²) in [7, 11) is -1.85. The average molecular weight is 494 g/mol. The summed E-state index contributed by atoms with van der Waals surface area (Å²) in [5.74, 6) is 0.773. The number of hydrogen-bond acceptors (Lipinski definition) is 5. The number of rotatable bonds is 7. The summed E-state index contributed by atoms with van der Waals surface area (Å²) in [5, 5.41) is 0. The Morgan fingerprint density at radius 1 is 0.914 bits per heavy atom. The predicted octanol–water partition coefficient (Wildman–Crippen LogP) is 3.93. The van der Waals surface area contributed by atoms with Crippen LogP contribution in [0.1, 0.15) is 21.5 Å². The van der Waals surface area contributed by atoms with E-state index >= 15 is 0 Å². The summed E-state index contributed by atoms with van der Waals surface area (Å²) in [5.41, 5.74) is 4.17. The molecule has 184 valence electrons. The van der Waals surface area contributed by atoms with Gasteiger partial charge < -0.3 is 14.5 Å². The van der Waals surface area contributed by atoms with E-state index in [4.69, 9.17) is 4.74 Å². The minimum Gasteiger partial charge on any atom is -0.497 e. The first kappa shape index (κ1) is 24.6. The number of carbonyl (C=O) groups is 1. The highest BCUT2D eigenvalue weighted by molar-refractivity contribution is 7.92. The maximum atomic E-state index is 13.1. The van der Waals surface area contributed by atoms with E-state index in [9.17, 15) is 13.2 Å². The molecule has 1 saturated heterocycles. The van der Waals surface area contributed by atoms with Crippen LogP contribution in [0.4, 0.5) is 11.4 Å². The van der Waals surface area contributed by atoms with Crippen molar-refractivity contribution in [3.05, 3.63) is 89.5 Å². The Bertz CT molecular complexity index is 1270. The van der Waals surface area contributed by atoms with Crippen LogP contribution in [0.5, 0.6) is 5.75 Å². The molecule has 0 aromatic heterocycles. The Labute approximate surface area is 207 Å². The average Bonchev–Trinajstić information content (AvgIpc) is 2.87. The first-order valence-corrected chi connectivity index (χ1v) is 13.4. The predicted molar refractivity (Wildman–Crippen MR) is 140 cm³/mol. The molecule has 0 N–H and O–H groups in total. The van der Waals surface area contributed by atoms with Gasteiger partial charge in [-0.05, 0) is 66.6 Å². The van der Waals surface area contributed by atoms with E-state index in [1.807, 2.05) is 60.4 Å². The molecule has 8 heteroatoms. The van der Waals surface area contributed by atoms with Crippen molar-refractivity contribution in [1.82, 2.24) is 4.90 Å². The van der Waals surface area contributed by atoms with Crippen LogP contribution >= 0.6 is 0 Å². The number of ether oxygens (including phenoxy) is 1. The number of aryl methyl sites for hydroxylation is 1. The van der Waals surface area contributed by atoms with Crippen LogP contribution in [-0.4, -0.2) is 58.8 Å². The highest BCUT2D eigenvalue weighted by Crippen LogP contribution is 2.24. The van der Waals surface area contributed by atoms with Gasteiger partial charge in [-0.15, -0.1) is 0 Å². The quantitative estimate of drug-likeness (QED) is 0.499. The van der Waals surface area contributed by atoms with Gasteiger partial charge in [0.05, 0.1) is 25.6 Å². The fraction of sp³-hybridized carbons (Fsp3) is 0.296. The van der Waals surface area contributed by atoms with Crippen LogP contribution in [0.15, 0.2) is 72.8 Å². The molecule has 4 rings (SSSR count). The topological polar surface area (TPSA) is 70.2 Å². The van der Waals surface area contributed by atoms with Crippen LogP contribution in [0.2, 0.25) is 0 Å². The van der Waals surface area contributed by atoms with E-state index in [1.165, 1.54) is 10.6 Å². The fourth-order valence-corrected chi connectivity index (χ4v) is 5.13. The summed E-state index contributed by atoms with van der Waals surface area (Å²) < 4.78 is 31.7. The molecule has 1 heterocycles. The molecule has 7 nitrogen and oxygen atoms in total. The van der Waals surface area contributed by atoms with Crippen molar-refractivity contribution in [3.63, 3.8) is 0 Å². The molecule has 0 bridgehead atoms. The van der Waals surface area contributed by atoms with Gasteiger partial charge in [-0.25, -0.2) is 8.42 Å². The zero-order chi connectivity index (χ0) is 25.0. The third-order valence-electron chi connectivity index (χ3n) is 6.38. The number of carbonyl (C=O) groups excluding carboxylic acids is 1. The molecule has 0 atom stereocenters. The van der Waals surface area contributed by atoms with E-state index in [1.54, 1.807) is 31.4 Å². The van der Waals surface area contributed by atoms with Crippen molar-refractivity contribution in [2.24, 2.45) is 0 Å². The van der Waals surface area contributed by atoms with Gasteiger partial charge in [0.15, 0.2) is 0 Å². The number of hydrogen-bond donors (Lipinski definition) is 0. The van der Waals surface area contributed by atoms with Crippen LogP contribution in [0, 0.1) is 6.92 Å². The monoisotopic (exact) mass is 493 g/mol. The van der Waals surface area contributed by atoms with Gasteiger partial charge >= 0.3 is 0 Å². The summed E-state index contributed by atoms with van der Waals surface area (Å²) >= 11 is 0. The molecule has 1 fully saturated rings. The van der Waals surface area contributed by atoms with E-state index < -0.39 is 10.0 Å². The van der Waals surface area contributed by atoms with Gasteiger partial charge in [0, 0.05) is 37.4 Å². The molecule has 1 amide bonds. The van der Waals surface area contributed by atoms with Crippen molar-refractivity contribution in [3.8, 4) is 5.75 Å². The van der Waals surface area contributed by atoms with E-state index in [-0.39, 0.29) is 12.5 Å². The first-order chi connectivity index (χ1) is 16.8. The second-order valence-corrected chi connectivity index (χ2v) is 10.6. The van der Waals surface area contributed by atoms with Gasteiger partial charge in [-0.3, -0.25) is 9.10 Å². The summed E-state index contributed by atoms with van der Waals surface area (Å²) in [6, 6.07) is 22.5. The minimum atomic E-state index is -3.50. The lowest BCUT2D eigenvalue weighted by atomic mass is 10.1. The molecule has 3 aromatic carbocycles. The Morgan fingerprint density at radius 2 is 1.54 bits per heavy atom. The summed E-state index contributed by atoms with van der Waals surface area (Å²) in [4.78, 5) is 17.2. The largest absolute Gasteiger partial charge is 0.497 e. The Balaban J connectivity index is 1.43. The van der Waals surface area contributed by atoms with Crippen molar-refractivity contribution in [2.45, 2.75) is 13.5 Å². The van der Waals surface area contributed by atoms with Crippen molar-refractivity contribution < 1.29 is 17.9 Å². The molecule has 0 unspecified atom stereocenters. The second-order valence-electron chi connectivity index (χ2n) is 8.72. The summed E-state index contributed by atoms with van der Waals surface area (Å²) in [6.07, 6.45) is 1.20. The van der Waals surface area contributed by atoms with E-state index in [0.717, 1.165) is 35.7 Å². The number of anilines is 2. The number of benzene rings is 3. The minimum absolute atomic E-state index is 0.0456. The van der Waals surface area contributed by atoms with Crippen LogP contribution in [0.25, 0.3) is 0 Å². The lowest BCUT2D eigenvalue weighted by molar-refractivity contribution is 0.0747. The van der Waals surface area contributed by atoms with Crippen LogP contribution in [-0.2, 0) is 16.6 Å². The van der Waals surface area contributed by atoms with Crippen LogP contribution < -0.4 is 13.9 Å². The lowest BCUT2D eigenvalue weighted by Gasteiger charge is -2.36. The maximum Gasteiger partial charge on any atom is 0.253 e. The van der Waals surface area contributed by atoms with Crippen LogP contribution in [0.3, 0.4) is 0 Å².